The van der Waals surface area contributed by atoms with Crippen LogP contribution in [0.4, 0.5) is 5.69 Å². The van der Waals surface area contributed by atoms with Crippen LogP contribution < -0.4 is 14.8 Å². The zero-order valence-corrected chi connectivity index (χ0v) is 17.8. The maximum Gasteiger partial charge on any atom is 0.261 e. The van der Waals surface area contributed by atoms with Crippen LogP contribution in [-0.2, 0) is 16.6 Å². The molecule has 6 nitrogen and oxygen atoms in total. The second-order valence-electron chi connectivity index (χ2n) is 6.37. The third-order valence-electron chi connectivity index (χ3n) is 4.21. The number of halogens is 1. The average Bonchev–Trinajstić information content (AvgIpc) is 2.74. The Hall–Kier alpha value is -3.03. The van der Waals surface area contributed by atoms with Crippen molar-refractivity contribution in [3.63, 3.8) is 0 Å². The van der Waals surface area contributed by atoms with Crippen molar-refractivity contribution < 1.29 is 17.9 Å². The van der Waals surface area contributed by atoms with Gasteiger partial charge in [0.2, 0.25) is 0 Å². The average molecular weight is 445 g/mol. The van der Waals surface area contributed by atoms with E-state index in [-0.39, 0.29) is 15.5 Å². The molecule has 0 aliphatic heterocycles. The van der Waals surface area contributed by atoms with Gasteiger partial charge in [0.1, 0.15) is 5.75 Å². The van der Waals surface area contributed by atoms with E-state index in [1.165, 1.54) is 18.2 Å². The number of anilines is 1. The summed E-state index contributed by atoms with van der Waals surface area (Å²) < 4.78 is 33.4. The molecule has 3 aromatic carbocycles. The highest BCUT2D eigenvalue weighted by molar-refractivity contribution is 7.92. The van der Waals surface area contributed by atoms with E-state index in [4.69, 9.17) is 16.3 Å². The van der Waals surface area contributed by atoms with Crippen molar-refractivity contribution in [1.82, 2.24) is 5.32 Å². The molecule has 0 saturated heterocycles. The van der Waals surface area contributed by atoms with Crippen LogP contribution in [-0.4, -0.2) is 20.9 Å². The van der Waals surface area contributed by atoms with E-state index in [0.717, 1.165) is 5.56 Å². The number of sulfonamides is 1. The highest BCUT2D eigenvalue weighted by Gasteiger charge is 2.19. The summed E-state index contributed by atoms with van der Waals surface area (Å²) in [6.07, 6.45) is 0. The number of carbonyl (C=O) groups excluding carboxylic acids is 1. The molecule has 2 N–H and O–H groups in total. The Morgan fingerprint density at radius 1 is 1.00 bits per heavy atom. The summed E-state index contributed by atoms with van der Waals surface area (Å²) in [5.41, 5.74) is 1.38. The fraction of sp³-hybridized carbons (Fsp3) is 0.136. The summed E-state index contributed by atoms with van der Waals surface area (Å²) >= 11 is 6.14. The Labute approximate surface area is 180 Å². The van der Waals surface area contributed by atoms with Gasteiger partial charge >= 0.3 is 0 Å². The molecule has 0 aliphatic rings. The Morgan fingerprint density at radius 2 is 1.70 bits per heavy atom. The number of carbonyl (C=O) groups is 1. The van der Waals surface area contributed by atoms with Crippen LogP contribution in [0.15, 0.2) is 77.7 Å². The standard InChI is InChI=1S/C22H21ClN2O4S/c1-2-29-18-10-8-17(9-11-18)25-30(27,28)19-12-13-21(23)20(14-19)22(26)24-15-16-6-4-3-5-7-16/h3-14,25H,2,15H2,1H3,(H,24,26). The van der Waals surface area contributed by atoms with E-state index in [9.17, 15) is 13.2 Å². The number of nitrogens with one attached hydrogen (secondary N) is 2. The van der Waals surface area contributed by atoms with Gasteiger partial charge in [-0.15, -0.1) is 0 Å². The molecule has 30 heavy (non-hydrogen) atoms. The number of benzene rings is 3. The predicted molar refractivity (Wildman–Crippen MR) is 117 cm³/mol. The first-order valence-corrected chi connectivity index (χ1v) is 11.1. The predicted octanol–water partition coefficient (Wildman–Crippen LogP) is 4.47. The topological polar surface area (TPSA) is 84.5 Å². The van der Waals surface area contributed by atoms with Crippen LogP contribution in [0.25, 0.3) is 0 Å². The minimum Gasteiger partial charge on any atom is -0.494 e. The van der Waals surface area contributed by atoms with E-state index in [1.807, 2.05) is 37.3 Å². The molecule has 3 rings (SSSR count). The van der Waals surface area contributed by atoms with E-state index < -0.39 is 15.9 Å². The maximum atomic E-state index is 12.8. The second-order valence-corrected chi connectivity index (χ2v) is 8.46. The minimum atomic E-state index is -3.91. The smallest absolute Gasteiger partial charge is 0.261 e. The summed E-state index contributed by atoms with van der Waals surface area (Å²) in [6, 6.07) is 19.9. The van der Waals surface area contributed by atoms with Crippen molar-refractivity contribution in [2.75, 3.05) is 11.3 Å². The van der Waals surface area contributed by atoms with Gasteiger partial charge in [0.25, 0.3) is 15.9 Å². The lowest BCUT2D eigenvalue weighted by molar-refractivity contribution is 0.0951. The van der Waals surface area contributed by atoms with Crippen LogP contribution in [0.2, 0.25) is 5.02 Å². The van der Waals surface area contributed by atoms with Gasteiger partial charge < -0.3 is 10.1 Å². The Morgan fingerprint density at radius 3 is 2.37 bits per heavy atom. The molecule has 1 amide bonds. The lowest BCUT2D eigenvalue weighted by Gasteiger charge is -2.12. The normalized spacial score (nSPS) is 11.0. The Bertz CT molecular complexity index is 1120. The molecule has 0 spiro atoms. The van der Waals surface area contributed by atoms with Gasteiger partial charge in [0, 0.05) is 12.2 Å². The Balaban J connectivity index is 1.76. The number of ether oxygens (including phenoxy) is 1. The van der Waals surface area contributed by atoms with Gasteiger partial charge in [0.15, 0.2) is 0 Å². The lowest BCUT2D eigenvalue weighted by atomic mass is 10.2. The summed E-state index contributed by atoms with van der Waals surface area (Å²) in [6.45, 7) is 2.69. The Kier molecular flexibility index (Phi) is 6.97. The van der Waals surface area contributed by atoms with Crippen LogP contribution in [0.5, 0.6) is 5.75 Å². The molecule has 0 radical (unpaired) electrons. The fourth-order valence-electron chi connectivity index (χ4n) is 2.72. The first-order valence-electron chi connectivity index (χ1n) is 9.26. The second kappa shape index (κ2) is 9.65. The molecule has 0 aliphatic carbocycles. The highest BCUT2D eigenvalue weighted by atomic mass is 35.5. The van der Waals surface area contributed by atoms with Crippen molar-refractivity contribution in [3.05, 3.63) is 88.9 Å². The monoisotopic (exact) mass is 444 g/mol. The highest BCUT2D eigenvalue weighted by Crippen LogP contribution is 2.24. The van der Waals surface area contributed by atoms with Crippen molar-refractivity contribution in [3.8, 4) is 5.75 Å². The van der Waals surface area contributed by atoms with E-state index in [1.54, 1.807) is 24.3 Å². The van der Waals surface area contributed by atoms with Gasteiger partial charge in [-0.25, -0.2) is 8.42 Å². The van der Waals surface area contributed by atoms with Crippen LogP contribution in [0, 0.1) is 0 Å². The first-order chi connectivity index (χ1) is 14.4. The van der Waals surface area contributed by atoms with Gasteiger partial charge in [-0.3, -0.25) is 9.52 Å². The molecule has 0 aromatic heterocycles. The number of hydrogen-bond acceptors (Lipinski definition) is 4. The van der Waals surface area contributed by atoms with Crippen molar-refractivity contribution >= 4 is 33.2 Å². The van der Waals surface area contributed by atoms with Gasteiger partial charge in [0.05, 0.1) is 22.1 Å². The molecular weight excluding hydrogens is 424 g/mol. The molecule has 0 unspecified atom stereocenters. The molecule has 0 atom stereocenters. The van der Waals surface area contributed by atoms with E-state index in [2.05, 4.69) is 10.0 Å². The number of amides is 1. The molecule has 0 bridgehead atoms. The molecule has 0 fully saturated rings. The third kappa shape index (κ3) is 5.52. The van der Waals surface area contributed by atoms with Gasteiger partial charge in [-0.05, 0) is 55.0 Å². The van der Waals surface area contributed by atoms with Crippen LogP contribution in [0.1, 0.15) is 22.8 Å². The maximum absolute atomic E-state index is 12.8. The zero-order chi connectivity index (χ0) is 21.6. The first kappa shape index (κ1) is 21.7. The largest absolute Gasteiger partial charge is 0.494 e. The number of rotatable bonds is 8. The quantitative estimate of drug-likeness (QED) is 0.536. The third-order valence-corrected chi connectivity index (χ3v) is 5.91. The zero-order valence-electron chi connectivity index (χ0n) is 16.3. The van der Waals surface area contributed by atoms with Crippen molar-refractivity contribution in [2.45, 2.75) is 18.4 Å². The SMILES string of the molecule is CCOc1ccc(NS(=O)(=O)c2ccc(Cl)c(C(=O)NCc3ccccc3)c2)cc1. The molecule has 3 aromatic rings. The molecule has 156 valence electrons. The minimum absolute atomic E-state index is 0.0642. The van der Waals surface area contributed by atoms with Crippen LogP contribution in [0.3, 0.4) is 0 Å². The van der Waals surface area contributed by atoms with E-state index >= 15 is 0 Å². The molecular formula is C22H21ClN2O4S. The summed E-state index contributed by atoms with van der Waals surface area (Å²) in [4.78, 5) is 12.5. The molecule has 0 saturated carbocycles. The summed E-state index contributed by atoms with van der Waals surface area (Å²) in [7, 11) is -3.91. The molecule has 8 heteroatoms. The number of hydrogen-bond donors (Lipinski definition) is 2. The summed E-state index contributed by atoms with van der Waals surface area (Å²) in [5.74, 6) is 0.186. The molecule has 0 heterocycles. The lowest BCUT2D eigenvalue weighted by Crippen LogP contribution is -2.23. The van der Waals surface area contributed by atoms with Crippen LogP contribution >= 0.6 is 11.6 Å². The summed E-state index contributed by atoms with van der Waals surface area (Å²) in [5, 5.41) is 2.92. The van der Waals surface area contributed by atoms with Crippen molar-refractivity contribution in [2.24, 2.45) is 0 Å². The van der Waals surface area contributed by atoms with Crippen molar-refractivity contribution in [1.29, 1.82) is 0 Å². The van der Waals surface area contributed by atoms with Gasteiger partial charge in [-0.1, -0.05) is 41.9 Å². The van der Waals surface area contributed by atoms with Gasteiger partial charge in [-0.2, -0.15) is 0 Å². The fourth-order valence-corrected chi connectivity index (χ4v) is 4.01. The van der Waals surface area contributed by atoms with E-state index in [0.29, 0.717) is 24.6 Å².